The lowest BCUT2D eigenvalue weighted by Crippen LogP contribution is -2.26. The number of para-hydroxylation sites is 1. The number of amides is 1. The van der Waals surface area contributed by atoms with Crippen molar-refractivity contribution in [2.75, 3.05) is 5.32 Å². The number of benzene rings is 1. The maximum absolute atomic E-state index is 13.1. The van der Waals surface area contributed by atoms with Crippen molar-refractivity contribution in [3.05, 3.63) is 106 Å². The van der Waals surface area contributed by atoms with Gasteiger partial charge in [-0.15, -0.1) is 0 Å². The summed E-state index contributed by atoms with van der Waals surface area (Å²) >= 11 is 0. The number of nitrogens with zero attached hydrogens (tertiary/aromatic N) is 2. The van der Waals surface area contributed by atoms with Crippen LogP contribution in [0.3, 0.4) is 0 Å². The maximum Gasteiger partial charge on any atom is 0.261 e. The molecule has 0 aliphatic rings. The minimum atomic E-state index is -0.479. The number of rotatable bonds is 5. The number of furan rings is 1. The minimum Gasteiger partial charge on any atom is -0.463 e. The molecule has 0 saturated carbocycles. The van der Waals surface area contributed by atoms with E-state index in [1.807, 2.05) is 41.8 Å². The van der Waals surface area contributed by atoms with E-state index in [1.54, 1.807) is 36.7 Å². The highest BCUT2D eigenvalue weighted by molar-refractivity contribution is 6.07. The molecule has 6 nitrogen and oxygen atoms in total. The Morgan fingerprint density at radius 2 is 1.93 bits per heavy atom. The van der Waals surface area contributed by atoms with Crippen LogP contribution < -0.4 is 10.7 Å². The van der Waals surface area contributed by atoms with E-state index in [2.05, 4.69) is 10.3 Å². The number of carbonyl (C=O) groups is 1. The van der Waals surface area contributed by atoms with E-state index in [-0.39, 0.29) is 11.0 Å². The van der Waals surface area contributed by atoms with Crippen LogP contribution in [0.25, 0.3) is 11.5 Å². The number of pyridine rings is 2. The van der Waals surface area contributed by atoms with Crippen molar-refractivity contribution in [3.8, 4) is 11.5 Å². The highest BCUT2D eigenvalue weighted by Crippen LogP contribution is 2.26. The zero-order valence-electron chi connectivity index (χ0n) is 15.8. The normalized spacial score (nSPS) is 10.7. The Morgan fingerprint density at radius 3 is 2.62 bits per heavy atom. The molecule has 4 aromatic rings. The fraction of sp³-hybridized carbons (Fsp3) is 0.0870. The molecule has 0 fully saturated rings. The van der Waals surface area contributed by atoms with Gasteiger partial charge in [0, 0.05) is 36.4 Å². The third-order valence-corrected chi connectivity index (χ3v) is 4.60. The van der Waals surface area contributed by atoms with E-state index in [4.69, 9.17) is 4.42 Å². The van der Waals surface area contributed by atoms with Gasteiger partial charge in [-0.2, -0.15) is 0 Å². The van der Waals surface area contributed by atoms with E-state index in [0.717, 1.165) is 11.3 Å². The fourth-order valence-corrected chi connectivity index (χ4v) is 3.25. The molecule has 0 radical (unpaired) electrons. The van der Waals surface area contributed by atoms with Gasteiger partial charge in [0.1, 0.15) is 11.3 Å². The van der Waals surface area contributed by atoms with E-state index in [9.17, 15) is 9.59 Å². The maximum atomic E-state index is 13.1. The molecule has 0 aliphatic carbocycles. The molecular weight excluding hydrogens is 366 g/mol. The Balaban J connectivity index is 1.87. The molecule has 0 atom stereocenters. The van der Waals surface area contributed by atoms with Crippen LogP contribution >= 0.6 is 0 Å². The van der Waals surface area contributed by atoms with Crippen LogP contribution in [0.1, 0.15) is 21.6 Å². The molecule has 1 aromatic carbocycles. The summed E-state index contributed by atoms with van der Waals surface area (Å²) < 4.78 is 7.49. The van der Waals surface area contributed by atoms with Crippen molar-refractivity contribution < 1.29 is 9.21 Å². The lowest BCUT2D eigenvalue weighted by atomic mass is 10.1. The van der Waals surface area contributed by atoms with Gasteiger partial charge in [-0.05, 0) is 42.8 Å². The second kappa shape index (κ2) is 7.98. The molecule has 1 amide bonds. The van der Waals surface area contributed by atoms with Crippen molar-refractivity contribution in [2.24, 2.45) is 0 Å². The summed E-state index contributed by atoms with van der Waals surface area (Å²) in [6.45, 7) is 2.28. The van der Waals surface area contributed by atoms with Crippen molar-refractivity contribution in [3.63, 3.8) is 0 Å². The first-order valence-corrected chi connectivity index (χ1v) is 9.17. The second-order valence-electron chi connectivity index (χ2n) is 6.62. The second-order valence-corrected chi connectivity index (χ2v) is 6.62. The Morgan fingerprint density at radius 1 is 1.10 bits per heavy atom. The van der Waals surface area contributed by atoms with Gasteiger partial charge in [0.2, 0.25) is 0 Å². The largest absolute Gasteiger partial charge is 0.463 e. The Kier molecular flexibility index (Phi) is 5.07. The topological polar surface area (TPSA) is 77.1 Å². The Bertz CT molecular complexity index is 1180. The number of aromatic nitrogens is 2. The van der Waals surface area contributed by atoms with E-state index < -0.39 is 5.91 Å². The van der Waals surface area contributed by atoms with Gasteiger partial charge in [-0.3, -0.25) is 14.6 Å². The van der Waals surface area contributed by atoms with Crippen molar-refractivity contribution in [2.45, 2.75) is 13.5 Å². The number of aryl methyl sites for hydroxylation is 1. The van der Waals surface area contributed by atoms with E-state index in [1.165, 1.54) is 12.3 Å². The molecule has 0 bridgehead atoms. The smallest absolute Gasteiger partial charge is 0.261 e. The van der Waals surface area contributed by atoms with Crippen LogP contribution in [0, 0.1) is 6.92 Å². The molecule has 3 heterocycles. The van der Waals surface area contributed by atoms with Crippen LogP contribution in [0.5, 0.6) is 0 Å². The summed E-state index contributed by atoms with van der Waals surface area (Å²) in [6.07, 6.45) is 4.98. The number of carbonyl (C=O) groups excluding carboxylic acids is 1. The highest BCUT2D eigenvalue weighted by atomic mass is 16.3. The van der Waals surface area contributed by atoms with Crippen LogP contribution in [0.4, 0.5) is 5.69 Å². The molecule has 0 spiro atoms. The third-order valence-electron chi connectivity index (χ3n) is 4.60. The van der Waals surface area contributed by atoms with Crippen molar-refractivity contribution in [1.29, 1.82) is 0 Å². The van der Waals surface area contributed by atoms with Crippen LogP contribution in [-0.4, -0.2) is 15.5 Å². The number of hydrogen-bond acceptors (Lipinski definition) is 4. The van der Waals surface area contributed by atoms with Crippen LogP contribution in [-0.2, 0) is 6.54 Å². The van der Waals surface area contributed by atoms with Gasteiger partial charge in [-0.1, -0.05) is 24.3 Å². The number of nitrogens with one attached hydrogen (secondary N) is 1. The molecule has 1 N–H and O–H groups in total. The standard InChI is InChI=1S/C23H19N3O3/c1-16-13-19(27)21(23(28)25-18-8-3-2-4-9-18)22(20-10-6-12-29-20)26(16)15-17-7-5-11-24-14-17/h2-14H,15H2,1H3,(H,25,28). The summed E-state index contributed by atoms with van der Waals surface area (Å²) in [6, 6.07) is 17.8. The van der Waals surface area contributed by atoms with Crippen molar-refractivity contribution >= 4 is 11.6 Å². The first-order chi connectivity index (χ1) is 14.1. The lowest BCUT2D eigenvalue weighted by Gasteiger charge is -2.19. The van der Waals surface area contributed by atoms with E-state index >= 15 is 0 Å². The molecule has 4 rings (SSSR count). The molecular formula is C23H19N3O3. The summed E-state index contributed by atoms with van der Waals surface area (Å²) in [5, 5.41) is 2.81. The molecule has 6 heteroatoms. The molecule has 0 aliphatic heterocycles. The minimum absolute atomic E-state index is 0.0401. The fourth-order valence-electron chi connectivity index (χ4n) is 3.25. The predicted octanol–water partition coefficient (Wildman–Crippen LogP) is 4.11. The summed E-state index contributed by atoms with van der Waals surface area (Å²) in [7, 11) is 0. The SMILES string of the molecule is Cc1cc(=O)c(C(=O)Nc2ccccc2)c(-c2ccco2)n1Cc1cccnc1. The predicted molar refractivity (Wildman–Crippen MR) is 111 cm³/mol. The van der Waals surface area contributed by atoms with Crippen LogP contribution in [0.15, 0.2) is 88.5 Å². The highest BCUT2D eigenvalue weighted by Gasteiger charge is 2.23. The average Bonchev–Trinajstić information content (AvgIpc) is 3.25. The third kappa shape index (κ3) is 3.87. The number of hydrogen-bond donors (Lipinski definition) is 1. The molecule has 3 aromatic heterocycles. The lowest BCUT2D eigenvalue weighted by molar-refractivity contribution is 0.102. The van der Waals surface area contributed by atoms with Crippen LogP contribution in [0.2, 0.25) is 0 Å². The molecule has 144 valence electrons. The Hall–Kier alpha value is -3.93. The zero-order chi connectivity index (χ0) is 20.2. The van der Waals surface area contributed by atoms with Gasteiger partial charge in [-0.25, -0.2) is 0 Å². The van der Waals surface area contributed by atoms with Gasteiger partial charge < -0.3 is 14.3 Å². The summed E-state index contributed by atoms with van der Waals surface area (Å²) in [5.41, 5.74) is 2.41. The van der Waals surface area contributed by atoms with Gasteiger partial charge in [0.25, 0.3) is 5.91 Å². The van der Waals surface area contributed by atoms with Crippen molar-refractivity contribution in [1.82, 2.24) is 9.55 Å². The summed E-state index contributed by atoms with van der Waals surface area (Å²) in [4.78, 5) is 30.1. The molecule has 0 unspecified atom stereocenters. The van der Waals surface area contributed by atoms with Gasteiger partial charge >= 0.3 is 0 Å². The first kappa shape index (κ1) is 18.4. The molecule has 29 heavy (non-hydrogen) atoms. The monoisotopic (exact) mass is 385 g/mol. The zero-order valence-corrected chi connectivity index (χ0v) is 15.8. The average molecular weight is 385 g/mol. The molecule has 0 saturated heterocycles. The van der Waals surface area contributed by atoms with Gasteiger partial charge in [0.05, 0.1) is 6.26 Å². The first-order valence-electron chi connectivity index (χ1n) is 9.17. The van der Waals surface area contributed by atoms with E-state index in [0.29, 0.717) is 23.7 Å². The van der Waals surface area contributed by atoms with Gasteiger partial charge in [0.15, 0.2) is 11.2 Å². The quantitative estimate of drug-likeness (QED) is 0.561. The summed E-state index contributed by atoms with van der Waals surface area (Å²) in [5.74, 6) is -0.0274. The number of anilines is 1. The Labute approximate surface area is 167 Å².